The van der Waals surface area contributed by atoms with Gasteiger partial charge in [0, 0.05) is 38.9 Å². The Bertz CT molecular complexity index is 496. The van der Waals surface area contributed by atoms with E-state index < -0.39 is 0 Å². The number of nitrogens with one attached hydrogen (secondary N) is 1. The molecule has 0 amide bonds. The molecule has 2 rings (SSSR count). The monoisotopic (exact) mass is 274 g/mol. The number of halogens is 1. The van der Waals surface area contributed by atoms with E-state index in [0.29, 0.717) is 6.54 Å². The molecule has 1 fully saturated rings. The van der Waals surface area contributed by atoms with Crippen molar-refractivity contribution in [1.29, 1.82) is 0 Å². The number of nitrogens with zero attached hydrogens (tertiary/aromatic N) is 3. The van der Waals surface area contributed by atoms with Gasteiger partial charge >= 0.3 is 0 Å². The maximum atomic E-state index is 12.9. The first-order valence-corrected chi connectivity index (χ1v) is 6.64. The number of piperazine rings is 1. The molecule has 20 heavy (non-hydrogen) atoms. The van der Waals surface area contributed by atoms with Gasteiger partial charge in [0.25, 0.3) is 0 Å². The van der Waals surface area contributed by atoms with Crippen molar-refractivity contribution >= 4 is 11.6 Å². The summed E-state index contributed by atoms with van der Waals surface area (Å²) in [7, 11) is 1.76. The minimum absolute atomic E-state index is 0.203. The Balaban J connectivity index is 1.92. The molecule has 0 aromatic heterocycles. The van der Waals surface area contributed by atoms with Crippen molar-refractivity contribution in [1.82, 2.24) is 10.2 Å². The van der Waals surface area contributed by atoms with Crippen molar-refractivity contribution < 1.29 is 4.39 Å². The number of hydrogen-bond acceptors (Lipinski definition) is 2. The van der Waals surface area contributed by atoms with Crippen LogP contribution in [0.1, 0.15) is 0 Å². The van der Waals surface area contributed by atoms with Crippen molar-refractivity contribution in [2.24, 2.45) is 4.99 Å². The molecule has 1 N–H and O–H groups in total. The molecular formula is C15H19FN4. The fourth-order valence-electron chi connectivity index (χ4n) is 2.29. The molecule has 0 saturated carbocycles. The summed E-state index contributed by atoms with van der Waals surface area (Å²) in [6, 6.07) is 6.62. The topological polar surface area (TPSA) is 30.9 Å². The van der Waals surface area contributed by atoms with Crippen LogP contribution in [0.3, 0.4) is 0 Å². The standard InChI is InChI=1S/C15H19FN4/c1-3-8-18-15(17-2)20-11-9-19(10-12-20)14-6-4-13(16)5-7-14/h1,4-7H,8-12H2,2H3,(H,17,18). The van der Waals surface area contributed by atoms with Gasteiger partial charge in [-0.3, -0.25) is 4.99 Å². The largest absolute Gasteiger partial charge is 0.368 e. The minimum Gasteiger partial charge on any atom is -0.368 e. The van der Waals surface area contributed by atoms with Crippen LogP contribution < -0.4 is 10.2 Å². The number of guanidine groups is 1. The van der Waals surface area contributed by atoms with Crippen LogP contribution in [0.4, 0.5) is 10.1 Å². The molecule has 0 atom stereocenters. The zero-order valence-corrected chi connectivity index (χ0v) is 11.6. The molecule has 1 aromatic carbocycles. The van der Waals surface area contributed by atoms with E-state index in [4.69, 9.17) is 6.42 Å². The molecule has 0 bridgehead atoms. The van der Waals surface area contributed by atoms with Gasteiger partial charge in [-0.2, -0.15) is 0 Å². The molecule has 1 heterocycles. The fourth-order valence-corrected chi connectivity index (χ4v) is 2.29. The third kappa shape index (κ3) is 3.41. The third-order valence-corrected chi connectivity index (χ3v) is 3.33. The molecular weight excluding hydrogens is 255 g/mol. The molecule has 4 nitrogen and oxygen atoms in total. The van der Waals surface area contributed by atoms with Gasteiger partial charge in [0.05, 0.1) is 6.54 Å². The van der Waals surface area contributed by atoms with Gasteiger partial charge in [-0.15, -0.1) is 6.42 Å². The number of terminal acetylenes is 1. The summed E-state index contributed by atoms with van der Waals surface area (Å²) in [4.78, 5) is 8.64. The number of aliphatic imine (C=N–C) groups is 1. The average Bonchev–Trinajstić information content (AvgIpc) is 2.49. The summed E-state index contributed by atoms with van der Waals surface area (Å²) in [5.41, 5.74) is 1.05. The summed E-state index contributed by atoms with van der Waals surface area (Å²) < 4.78 is 12.9. The molecule has 1 aliphatic rings. The van der Waals surface area contributed by atoms with Crippen molar-refractivity contribution in [3.05, 3.63) is 30.1 Å². The summed E-state index contributed by atoms with van der Waals surface area (Å²) in [5, 5.41) is 3.12. The molecule has 1 aromatic rings. The molecule has 0 radical (unpaired) electrons. The zero-order chi connectivity index (χ0) is 14.4. The van der Waals surface area contributed by atoms with Gasteiger partial charge < -0.3 is 15.1 Å². The Labute approximate surface area is 119 Å². The maximum absolute atomic E-state index is 12.9. The van der Waals surface area contributed by atoms with E-state index in [9.17, 15) is 4.39 Å². The Morgan fingerprint density at radius 3 is 2.50 bits per heavy atom. The minimum atomic E-state index is -0.203. The van der Waals surface area contributed by atoms with Gasteiger partial charge in [0.2, 0.25) is 0 Å². The van der Waals surface area contributed by atoms with Gasteiger partial charge in [0.15, 0.2) is 5.96 Å². The molecule has 0 unspecified atom stereocenters. The lowest BCUT2D eigenvalue weighted by Gasteiger charge is -2.37. The van der Waals surface area contributed by atoms with Crippen LogP contribution in [0.5, 0.6) is 0 Å². The van der Waals surface area contributed by atoms with E-state index in [1.54, 1.807) is 7.05 Å². The second-order valence-electron chi connectivity index (χ2n) is 4.56. The first kappa shape index (κ1) is 14.2. The highest BCUT2D eigenvalue weighted by Crippen LogP contribution is 2.16. The Morgan fingerprint density at radius 2 is 1.95 bits per heavy atom. The van der Waals surface area contributed by atoms with Crippen LogP contribution >= 0.6 is 0 Å². The molecule has 106 valence electrons. The number of benzene rings is 1. The quantitative estimate of drug-likeness (QED) is 0.499. The van der Waals surface area contributed by atoms with E-state index in [1.165, 1.54) is 12.1 Å². The first-order valence-electron chi connectivity index (χ1n) is 6.64. The molecule has 1 aliphatic heterocycles. The van der Waals surface area contributed by atoms with Crippen LogP contribution in [0.15, 0.2) is 29.3 Å². The highest BCUT2D eigenvalue weighted by molar-refractivity contribution is 5.80. The molecule has 1 saturated heterocycles. The fraction of sp³-hybridized carbons (Fsp3) is 0.400. The van der Waals surface area contributed by atoms with Crippen LogP contribution in [0.2, 0.25) is 0 Å². The lowest BCUT2D eigenvalue weighted by molar-refractivity contribution is 0.374. The average molecular weight is 274 g/mol. The first-order chi connectivity index (χ1) is 9.74. The van der Waals surface area contributed by atoms with Gasteiger partial charge in [-0.05, 0) is 24.3 Å². The highest BCUT2D eigenvalue weighted by Gasteiger charge is 2.19. The molecule has 0 aliphatic carbocycles. The molecule has 5 heteroatoms. The number of hydrogen-bond donors (Lipinski definition) is 1. The van der Waals surface area contributed by atoms with Crippen LogP contribution in [-0.4, -0.2) is 50.6 Å². The van der Waals surface area contributed by atoms with Crippen molar-refractivity contribution in [3.8, 4) is 12.3 Å². The summed E-state index contributed by atoms with van der Waals surface area (Å²) >= 11 is 0. The lowest BCUT2D eigenvalue weighted by atomic mass is 10.2. The van der Waals surface area contributed by atoms with E-state index in [0.717, 1.165) is 37.8 Å². The van der Waals surface area contributed by atoms with Crippen molar-refractivity contribution in [2.45, 2.75) is 0 Å². The Kier molecular flexibility index (Phi) is 4.83. The summed E-state index contributed by atoms with van der Waals surface area (Å²) in [6.45, 7) is 3.96. The Hall–Kier alpha value is -2.22. The van der Waals surface area contributed by atoms with Crippen LogP contribution in [0, 0.1) is 18.2 Å². The predicted octanol–water partition coefficient (Wildman–Crippen LogP) is 1.16. The number of anilines is 1. The maximum Gasteiger partial charge on any atom is 0.194 e. The van der Waals surface area contributed by atoms with Crippen LogP contribution in [0.25, 0.3) is 0 Å². The van der Waals surface area contributed by atoms with Crippen molar-refractivity contribution in [3.63, 3.8) is 0 Å². The van der Waals surface area contributed by atoms with E-state index in [-0.39, 0.29) is 5.82 Å². The molecule has 0 spiro atoms. The smallest absolute Gasteiger partial charge is 0.194 e. The number of rotatable bonds is 2. The zero-order valence-electron chi connectivity index (χ0n) is 11.6. The second-order valence-corrected chi connectivity index (χ2v) is 4.56. The van der Waals surface area contributed by atoms with Gasteiger partial charge in [-0.25, -0.2) is 4.39 Å². The van der Waals surface area contributed by atoms with E-state index in [2.05, 4.69) is 26.0 Å². The highest BCUT2D eigenvalue weighted by atomic mass is 19.1. The van der Waals surface area contributed by atoms with E-state index in [1.807, 2.05) is 12.1 Å². The predicted molar refractivity (Wildman–Crippen MR) is 80.4 cm³/mol. The van der Waals surface area contributed by atoms with Gasteiger partial charge in [-0.1, -0.05) is 5.92 Å². The lowest BCUT2D eigenvalue weighted by Crippen LogP contribution is -2.52. The second kappa shape index (κ2) is 6.80. The SMILES string of the molecule is C#CCNC(=NC)N1CCN(c2ccc(F)cc2)CC1. The van der Waals surface area contributed by atoms with Crippen molar-refractivity contribution in [2.75, 3.05) is 44.7 Å². The van der Waals surface area contributed by atoms with E-state index >= 15 is 0 Å². The van der Waals surface area contributed by atoms with Gasteiger partial charge in [0.1, 0.15) is 5.82 Å². The summed E-state index contributed by atoms with van der Waals surface area (Å²) in [6.07, 6.45) is 5.25. The van der Waals surface area contributed by atoms with Crippen LogP contribution in [-0.2, 0) is 0 Å². The normalized spacial score (nSPS) is 15.9. The third-order valence-electron chi connectivity index (χ3n) is 3.33. The summed E-state index contributed by atoms with van der Waals surface area (Å²) in [5.74, 6) is 3.18. The Morgan fingerprint density at radius 1 is 1.30 bits per heavy atom.